The van der Waals surface area contributed by atoms with Crippen LogP contribution in [0.2, 0.25) is 0 Å². The number of hydrogen-bond acceptors (Lipinski definition) is 5. The van der Waals surface area contributed by atoms with Gasteiger partial charge in [0.1, 0.15) is 10.0 Å². The van der Waals surface area contributed by atoms with Gasteiger partial charge in [-0.1, -0.05) is 41.7 Å². The smallest absolute Gasteiger partial charge is 0.314 e. The Hall–Kier alpha value is -3.00. The second kappa shape index (κ2) is 8.13. The Morgan fingerprint density at radius 2 is 1.81 bits per heavy atom. The maximum atomic E-state index is 12.2. The van der Waals surface area contributed by atoms with Crippen molar-refractivity contribution in [1.82, 2.24) is 19.9 Å². The van der Waals surface area contributed by atoms with E-state index in [1.54, 1.807) is 13.3 Å². The molecule has 0 spiro atoms. The number of rotatable bonds is 5. The summed E-state index contributed by atoms with van der Waals surface area (Å²) in [6.07, 6.45) is 1.72. The lowest BCUT2D eigenvalue weighted by molar-refractivity contribution is -0.136. The standard InChI is InChI=1S/C19H21N5O2S/c1-12-14(3)24(11-21-12)10-9-20-16(25)17(26)23-18-13(2)22-19(27-18)15-7-5-4-6-8-15/h4-8,11H,9-10H2,1-3H3,(H,20,25)(H,23,26). The van der Waals surface area contributed by atoms with E-state index in [1.165, 1.54) is 11.3 Å². The molecular weight excluding hydrogens is 362 g/mol. The molecule has 0 saturated heterocycles. The van der Waals surface area contributed by atoms with Crippen molar-refractivity contribution < 1.29 is 9.59 Å². The van der Waals surface area contributed by atoms with Crippen molar-refractivity contribution in [3.05, 3.63) is 53.7 Å². The minimum Gasteiger partial charge on any atom is -0.346 e. The van der Waals surface area contributed by atoms with Crippen LogP contribution in [-0.2, 0) is 16.1 Å². The number of imidazole rings is 1. The summed E-state index contributed by atoms with van der Waals surface area (Å²) in [4.78, 5) is 32.9. The number of benzene rings is 1. The number of anilines is 1. The molecule has 140 valence electrons. The van der Waals surface area contributed by atoms with Crippen LogP contribution in [0.25, 0.3) is 10.6 Å². The van der Waals surface area contributed by atoms with Crippen LogP contribution in [0.1, 0.15) is 17.1 Å². The van der Waals surface area contributed by atoms with Gasteiger partial charge in [-0.25, -0.2) is 9.97 Å². The maximum absolute atomic E-state index is 12.2. The highest BCUT2D eigenvalue weighted by Crippen LogP contribution is 2.31. The number of aryl methyl sites for hydroxylation is 2. The fraction of sp³-hybridized carbons (Fsp3) is 0.263. The molecule has 0 aliphatic carbocycles. The van der Waals surface area contributed by atoms with Crippen molar-refractivity contribution in [1.29, 1.82) is 0 Å². The van der Waals surface area contributed by atoms with E-state index in [1.807, 2.05) is 48.7 Å². The number of carbonyl (C=O) groups is 2. The lowest BCUT2D eigenvalue weighted by Crippen LogP contribution is -2.37. The van der Waals surface area contributed by atoms with Gasteiger partial charge in [0, 0.05) is 24.3 Å². The van der Waals surface area contributed by atoms with Crippen LogP contribution in [0.5, 0.6) is 0 Å². The third kappa shape index (κ3) is 4.40. The van der Waals surface area contributed by atoms with Crippen LogP contribution in [-0.4, -0.2) is 32.9 Å². The predicted octanol–water partition coefficient (Wildman–Crippen LogP) is 2.69. The molecule has 2 amide bonds. The molecule has 0 aliphatic rings. The first kappa shape index (κ1) is 18.8. The lowest BCUT2D eigenvalue weighted by atomic mass is 10.2. The molecule has 1 aromatic carbocycles. The highest BCUT2D eigenvalue weighted by Gasteiger charge is 2.17. The van der Waals surface area contributed by atoms with Crippen LogP contribution in [0.4, 0.5) is 5.00 Å². The Morgan fingerprint density at radius 3 is 2.48 bits per heavy atom. The largest absolute Gasteiger partial charge is 0.346 e. The first-order valence-electron chi connectivity index (χ1n) is 8.56. The molecule has 0 saturated carbocycles. The normalized spacial score (nSPS) is 10.6. The van der Waals surface area contributed by atoms with E-state index in [0.29, 0.717) is 23.8 Å². The summed E-state index contributed by atoms with van der Waals surface area (Å²) in [6, 6.07) is 9.71. The Labute approximate surface area is 161 Å². The van der Waals surface area contributed by atoms with E-state index in [9.17, 15) is 9.59 Å². The number of amides is 2. The summed E-state index contributed by atoms with van der Waals surface area (Å²) in [5.41, 5.74) is 3.66. The predicted molar refractivity (Wildman–Crippen MR) is 106 cm³/mol. The van der Waals surface area contributed by atoms with Gasteiger partial charge in [-0.05, 0) is 20.8 Å². The Kier molecular flexibility index (Phi) is 5.66. The summed E-state index contributed by atoms with van der Waals surface area (Å²) >= 11 is 1.35. The van der Waals surface area contributed by atoms with E-state index in [-0.39, 0.29) is 0 Å². The van der Waals surface area contributed by atoms with Crippen LogP contribution in [0.3, 0.4) is 0 Å². The number of carbonyl (C=O) groups excluding carboxylic acids is 2. The molecule has 7 nitrogen and oxygen atoms in total. The van der Waals surface area contributed by atoms with Crippen molar-refractivity contribution in [3.8, 4) is 10.6 Å². The molecule has 0 fully saturated rings. The first-order valence-corrected chi connectivity index (χ1v) is 9.37. The van der Waals surface area contributed by atoms with Crippen molar-refractivity contribution >= 4 is 28.2 Å². The quantitative estimate of drug-likeness (QED) is 0.663. The zero-order chi connectivity index (χ0) is 19.4. The minimum absolute atomic E-state index is 0.347. The van der Waals surface area contributed by atoms with E-state index < -0.39 is 11.8 Å². The van der Waals surface area contributed by atoms with Gasteiger partial charge in [-0.3, -0.25) is 9.59 Å². The number of nitrogens with zero attached hydrogens (tertiary/aromatic N) is 3. The lowest BCUT2D eigenvalue weighted by Gasteiger charge is -2.07. The van der Waals surface area contributed by atoms with Gasteiger partial charge < -0.3 is 15.2 Å². The van der Waals surface area contributed by atoms with Crippen LogP contribution in [0, 0.1) is 20.8 Å². The summed E-state index contributed by atoms with van der Waals surface area (Å²) < 4.78 is 1.94. The van der Waals surface area contributed by atoms with Gasteiger partial charge in [0.2, 0.25) is 0 Å². The van der Waals surface area contributed by atoms with Crippen LogP contribution in [0.15, 0.2) is 36.7 Å². The summed E-state index contributed by atoms with van der Waals surface area (Å²) in [7, 11) is 0. The molecule has 3 aromatic rings. The van der Waals surface area contributed by atoms with E-state index in [0.717, 1.165) is 22.0 Å². The second-order valence-electron chi connectivity index (χ2n) is 6.12. The Balaban J connectivity index is 1.56. The molecule has 3 rings (SSSR count). The van der Waals surface area contributed by atoms with Gasteiger partial charge >= 0.3 is 11.8 Å². The molecule has 2 N–H and O–H groups in total. The molecule has 0 radical (unpaired) electrons. The third-order valence-electron chi connectivity index (χ3n) is 4.23. The van der Waals surface area contributed by atoms with E-state index in [2.05, 4.69) is 20.6 Å². The second-order valence-corrected chi connectivity index (χ2v) is 7.12. The molecule has 8 heteroatoms. The maximum Gasteiger partial charge on any atom is 0.314 e. The van der Waals surface area contributed by atoms with Gasteiger partial charge in [0.15, 0.2) is 0 Å². The molecule has 0 bridgehead atoms. The minimum atomic E-state index is -0.695. The van der Waals surface area contributed by atoms with Crippen molar-refractivity contribution in [2.75, 3.05) is 11.9 Å². The Morgan fingerprint density at radius 1 is 1.07 bits per heavy atom. The monoisotopic (exact) mass is 383 g/mol. The number of nitrogens with one attached hydrogen (secondary N) is 2. The Bertz CT molecular complexity index is 962. The highest BCUT2D eigenvalue weighted by molar-refractivity contribution is 7.19. The van der Waals surface area contributed by atoms with Crippen LogP contribution < -0.4 is 10.6 Å². The van der Waals surface area contributed by atoms with Crippen molar-refractivity contribution in [2.24, 2.45) is 0 Å². The molecular formula is C19H21N5O2S. The molecule has 2 heterocycles. The van der Waals surface area contributed by atoms with Gasteiger partial charge in [-0.2, -0.15) is 0 Å². The third-order valence-corrected chi connectivity index (χ3v) is 5.36. The van der Waals surface area contributed by atoms with E-state index >= 15 is 0 Å². The summed E-state index contributed by atoms with van der Waals surface area (Å²) in [6.45, 7) is 6.61. The fourth-order valence-corrected chi connectivity index (χ4v) is 3.48. The molecule has 0 unspecified atom stereocenters. The number of aromatic nitrogens is 3. The average Bonchev–Trinajstić information content (AvgIpc) is 3.19. The van der Waals surface area contributed by atoms with Crippen molar-refractivity contribution in [3.63, 3.8) is 0 Å². The highest BCUT2D eigenvalue weighted by atomic mass is 32.1. The van der Waals surface area contributed by atoms with Gasteiger partial charge in [0.25, 0.3) is 0 Å². The number of hydrogen-bond donors (Lipinski definition) is 2. The van der Waals surface area contributed by atoms with E-state index in [4.69, 9.17) is 0 Å². The number of thiazole rings is 1. The molecule has 0 aliphatic heterocycles. The molecule has 0 atom stereocenters. The summed E-state index contributed by atoms with van der Waals surface area (Å²) in [5.74, 6) is -1.36. The zero-order valence-electron chi connectivity index (χ0n) is 15.4. The zero-order valence-corrected chi connectivity index (χ0v) is 16.3. The summed E-state index contributed by atoms with van der Waals surface area (Å²) in [5, 5.41) is 6.66. The average molecular weight is 383 g/mol. The van der Waals surface area contributed by atoms with Crippen LogP contribution >= 0.6 is 11.3 Å². The first-order chi connectivity index (χ1) is 13.0. The SMILES string of the molecule is Cc1nc(-c2ccccc2)sc1NC(=O)C(=O)NCCn1cnc(C)c1C. The van der Waals surface area contributed by atoms with Crippen molar-refractivity contribution in [2.45, 2.75) is 27.3 Å². The van der Waals surface area contributed by atoms with Gasteiger partial charge in [0.05, 0.1) is 17.7 Å². The molecule has 27 heavy (non-hydrogen) atoms. The topological polar surface area (TPSA) is 88.9 Å². The van der Waals surface area contributed by atoms with Gasteiger partial charge in [-0.15, -0.1) is 0 Å². The fourth-order valence-electron chi connectivity index (χ4n) is 2.52. The molecule has 2 aromatic heterocycles.